The van der Waals surface area contributed by atoms with Crippen LogP contribution in [-0.2, 0) is 10.1 Å². The maximum atomic E-state index is 11.8. The van der Waals surface area contributed by atoms with Crippen LogP contribution in [0.1, 0.15) is 130 Å². The molecule has 0 aliphatic rings. The maximum Gasteiger partial charge on any atom is 0.125 e. The standard InChI is InChI=1S/C16H20O3S.C16H36P/c1-10(2)14-9-12-7-5-6-8-13(12)16(20(17,18)19)15(14)11(3)4;1-5-9-11-13-15-17(7-3,8-4)16-14-12-10-6-2/h5-11H,1-4H3,(H,17,18,19);5-16H2,1-4H3/q;+1/p-1. The Morgan fingerprint density at radius 2 is 1.27 bits per heavy atom. The molecule has 3 nitrogen and oxygen atoms in total. The smallest absolute Gasteiger partial charge is 0.125 e. The molecule has 0 bridgehead atoms. The number of benzene rings is 2. The molecule has 0 radical (unpaired) electrons. The normalized spacial score (nSPS) is 12.3. The fourth-order valence-corrected chi connectivity index (χ4v) is 10.2. The summed E-state index contributed by atoms with van der Waals surface area (Å²) in [6.45, 7) is 17.4. The Labute approximate surface area is 230 Å². The van der Waals surface area contributed by atoms with Gasteiger partial charge in [0.15, 0.2) is 0 Å². The number of hydrogen-bond donors (Lipinski definition) is 0. The highest BCUT2D eigenvalue weighted by Gasteiger charge is 2.31. The quantitative estimate of drug-likeness (QED) is 0.126. The zero-order valence-corrected chi connectivity index (χ0v) is 26.8. The second kappa shape index (κ2) is 16.9. The third kappa shape index (κ3) is 10.6. The van der Waals surface area contributed by atoms with Crippen molar-refractivity contribution in [2.45, 2.75) is 123 Å². The predicted octanol–water partition coefficient (Wildman–Crippen LogP) is 10.2. The molecule has 0 aliphatic carbocycles. The van der Waals surface area contributed by atoms with E-state index in [2.05, 4.69) is 27.7 Å². The van der Waals surface area contributed by atoms with Crippen LogP contribution in [0.4, 0.5) is 0 Å². The molecule has 212 valence electrons. The number of hydrogen-bond acceptors (Lipinski definition) is 3. The van der Waals surface area contributed by atoms with Gasteiger partial charge in [0.2, 0.25) is 0 Å². The number of unbranched alkanes of at least 4 members (excludes halogenated alkanes) is 6. The average Bonchev–Trinajstić information content (AvgIpc) is 2.86. The van der Waals surface area contributed by atoms with Gasteiger partial charge in [-0.05, 0) is 73.3 Å². The second-order valence-electron chi connectivity index (χ2n) is 11.2. The summed E-state index contributed by atoms with van der Waals surface area (Å²) in [6, 6.07) is 9.17. The van der Waals surface area contributed by atoms with Crippen molar-refractivity contribution in [2.24, 2.45) is 0 Å². The lowest BCUT2D eigenvalue weighted by molar-refractivity contribution is 0.462. The lowest BCUT2D eigenvalue weighted by Gasteiger charge is -2.25. The molecule has 0 aliphatic heterocycles. The first kappa shape index (κ1) is 34.1. The molecule has 0 aromatic heterocycles. The molecule has 2 aromatic rings. The summed E-state index contributed by atoms with van der Waals surface area (Å²) < 4.78 is 35.4. The van der Waals surface area contributed by atoms with Gasteiger partial charge in [-0.25, -0.2) is 8.42 Å². The van der Waals surface area contributed by atoms with Crippen molar-refractivity contribution in [1.82, 2.24) is 0 Å². The summed E-state index contributed by atoms with van der Waals surface area (Å²) in [7, 11) is -5.05. The van der Waals surface area contributed by atoms with Gasteiger partial charge in [-0.1, -0.05) is 97.6 Å². The Bertz CT molecular complexity index is 1010. The lowest BCUT2D eigenvalue weighted by atomic mass is 9.88. The maximum absolute atomic E-state index is 11.8. The summed E-state index contributed by atoms with van der Waals surface area (Å²) in [5.41, 5.74) is 1.60. The highest BCUT2D eigenvalue weighted by atomic mass is 32.2. The molecule has 0 unspecified atom stereocenters. The van der Waals surface area contributed by atoms with Crippen LogP contribution in [0.3, 0.4) is 0 Å². The van der Waals surface area contributed by atoms with E-state index in [1.807, 2.05) is 45.9 Å². The molecule has 0 saturated carbocycles. The molecule has 0 heterocycles. The predicted molar refractivity (Wildman–Crippen MR) is 166 cm³/mol. The van der Waals surface area contributed by atoms with Gasteiger partial charge < -0.3 is 4.55 Å². The van der Waals surface area contributed by atoms with E-state index in [1.54, 1.807) is 24.5 Å². The zero-order chi connectivity index (χ0) is 28.1. The molecule has 0 saturated heterocycles. The molecule has 0 atom stereocenters. The highest BCUT2D eigenvalue weighted by molar-refractivity contribution is 7.86. The van der Waals surface area contributed by atoms with Crippen LogP contribution in [0.25, 0.3) is 10.8 Å². The first-order chi connectivity index (χ1) is 17.5. The molecule has 0 fully saturated rings. The van der Waals surface area contributed by atoms with E-state index < -0.39 is 17.4 Å². The molecule has 37 heavy (non-hydrogen) atoms. The van der Waals surface area contributed by atoms with E-state index in [1.165, 1.54) is 63.7 Å². The second-order valence-corrected chi connectivity index (χ2v) is 17.4. The van der Waals surface area contributed by atoms with Crippen LogP contribution in [-0.4, -0.2) is 37.6 Å². The fraction of sp³-hybridized carbons (Fsp3) is 0.688. The van der Waals surface area contributed by atoms with E-state index in [9.17, 15) is 13.0 Å². The van der Waals surface area contributed by atoms with Gasteiger partial charge in [-0.2, -0.15) is 0 Å². The molecule has 0 amide bonds. The van der Waals surface area contributed by atoms with Crippen LogP contribution in [0.5, 0.6) is 0 Å². The summed E-state index contributed by atoms with van der Waals surface area (Å²) in [4.78, 5) is -0.0469. The van der Waals surface area contributed by atoms with Gasteiger partial charge in [0.1, 0.15) is 10.1 Å². The van der Waals surface area contributed by atoms with Crippen molar-refractivity contribution >= 4 is 28.2 Å². The minimum atomic E-state index is -4.51. The van der Waals surface area contributed by atoms with Gasteiger partial charge >= 0.3 is 0 Å². The van der Waals surface area contributed by atoms with Crippen molar-refractivity contribution < 1.29 is 13.0 Å². The molecule has 0 N–H and O–H groups in total. The summed E-state index contributed by atoms with van der Waals surface area (Å²) in [6.07, 6.45) is 17.8. The van der Waals surface area contributed by atoms with Crippen molar-refractivity contribution in [3.8, 4) is 0 Å². The van der Waals surface area contributed by atoms with Gasteiger partial charge in [-0.15, -0.1) is 0 Å². The Kier molecular flexibility index (Phi) is 15.5. The zero-order valence-electron chi connectivity index (χ0n) is 25.1. The topological polar surface area (TPSA) is 57.2 Å². The van der Waals surface area contributed by atoms with Crippen LogP contribution >= 0.6 is 7.26 Å². The van der Waals surface area contributed by atoms with Crippen LogP contribution in [0.2, 0.25) is 0 Å². The minimum absolute atomic E-state index is 0.0178. The van der Waals surface area contributed by atoms with Gasteiger partial charge in [0.05, 0.1) is 29.5 Å². The summed E-state index contributed by atoms with van der Waals surface area (Å²) >= 11 is 0. The molecular weight excluding hydrogens is 495 g/mol. The van der Waals surface area contributed by atoms with Crippen LogP contribution < -0.4 is 0 Å². The third-order valence-corrected chi connectivity index (χ3v) is 14.0. The molecule has 2 rings (SSSR count). The van der Waals surface area contributed by atoms with Gasteiger partial charge in [-0.3, -0.25) is 0 Å². The largest absolute Gasteiger partial charge is 0.744 e. The minimum Gasteiger partial charge on any atom is -0.744 e. The molecule has 2 aromatic carbocycles. The van der Waals surface area contributed by atoms with Crippen molar-refractivity contribution in [3.05, 3.63) is 41.5 Å². The number of fused-ring (bicyclic) bond motifs is 1. The van der Waals surface area contributed by atoms with E-state index in [-0.39, 0.29) is 16.7 Å². The Morgan fingerprint density at radius 1 is 0.757 bits per heavy atom. The number of rotatable bonds is 15. The first-order valence-electron chi connectivity index (χ1n) is 14.8. The van der Waals surface area contributed by atoms with Crippen molar-refractivity contribution in [2.75, 3.05) is 24.6 Å². The fourth-order valence-electron chi connectivity index (χ4n) is 5.41. The van der Waals surface area contributed by atoms with Gasteiger partial charge in [0.25, 0.3) is 0 Å². The third-order valence-electron chi connectivity index (χ3n) is 7.84. The monoisotopic (exact) mass is 550 g/mol. The van der Waals surface area contributed by atoms with Gasteiger partial charge in [0, 0.05) is 7.26 Å². The van der Waals surface area contributed by atoms with E-state index in [0.717, 1.165) is 10.9 Å². The van der Waals surface area contributed by atoms with E-state index in [4.69, 9.17) is 0 Å². The Balaban J connectivity index is 0.000000377. The summed E-state index contributed by atoms with van der Waals surface area (Å²) in [5.74, 6) is 0.147. The Hall–Kier alpha value is -0.960. The molecule has 0 spiro atoms. The highest BCUT2D eigenvalue weighted by Crippen LogP contribution is 2.59. The Morgan fingerprint density at radius 3 is 1.68 bits per heavy atom. The van der Waals surface area contributed by atoms with Crippen LogP contribution in [0.15, 0.2) is 35.2 Å². The molecule has 5 heteroatoms. The average molecular weight is 551 g/mol. The van der Waals surface area contributed by atoms with Crippen molar-refractivity contribution in [1.29, 1.82) is 0 Å². The van der Waals surface area contributed by atoms with E-state index >= 15 is 0 Å². The first-order valence-corrected chi connectivity index (χ1v) is 18.8. The van der Waals surface area contributed by atoms with Crippen molar-refractivity contribution in [3.63, 3.8) is 0 Å². The van der Waals surface area contributed by atoms with E-state index in [0.29, 0.717) is 10.9 Å². The van der Waals surface area contributed by atoms with Crippen LogP contribution in [0, 0.1) is 0 Å². The molecular formula is C32H55O3PS. The lowest BCUT2D eigenvalue weighted by Crippen LogP contribution is -2.10. The SMILES string of the molecule is CC(C)c1cc2ccccc2c(S(=O)(=O)[O-])c1C(C)C.CCCCCC[P+](CC)(CC)CCCCCC. The summed E-state index contributed by atoms with van der Waals surface area (Å²) in [5, 5.41) is 1.32.